The Morgan fingerprint density at radius 1 is 1.24 bits per heavy atom. The fourth-order valence-electron chi connectivity index (χ4n) is 3.51. The van der Waals surface area contributed by atoms with Crippen LogP contribution in [0.5, 0.6) is 0 Å². The van der Waals surface area contributed by atoms with Crippen molar-refractivity contribution in [3.63, 3.8) is 0 Å². The number of aryl methyl sites for hydroxylation is 1. The number of aromatic nitrogens is 6. The molecule has 8 heteroatoms. The molecule has 1 fully saturated rings. The molecule has 0 unspecified atom stereocenters. The summed E-state index contributed by atoms with van der Waals surface area (Å²) in [5.41, 5.74) is 2.14. The lowest BCUT2D eigenvalue weighted by molar-refractivity contribution is 0.349. The van der Waals surface area contributed by atoms with Gasteiger partial charge in [0.25, 0.3) is 11.3 Å². The first-order valence-electron chi connectivity index (χ1n) is 8.56. The number of hydrogen-bond acceptors (Lipinski definition) is 6. The van der Waals surface area contributed by atoms with E-state index >= 15 is 0 Å². The molecule has 0 radical (unpaired) electrons. The van der Waals surface area contributed by atoms with Crippen molar-refractivity contribution in [1.29, 1.82) is 0 Å². The van der Waals surface area contributed by atoms with Gasteiger partial charge in [0.2, 0.25) is 0 Å². The fourth-order valence-corrected chi connectivity index (χ4v) is 3.51. The van der Waals surface area contributed by atoms with Crippen molar-refractivity contribution < 1.29 is 0 Å². The second kappa shape index (κ2) is 6.27. The van der Waals surface area contributed by atoms with Crippen LogP contribution in [0, 0.1) is 19.8 Å². The molecule has 3 aromatic rings. The van der Waals surface area contributed by atoms with Gasteiger partial charge in [-0.25, -0.2) is 9.97 Å². The van der Waals surface area contributed by atoms with Crippen molar-refractivity contribution in [3.8, 4) is 0 Å². The number of rotatable bonds is 3. The van der Waals surface area contributed by atoms with Gasteiger partial charge in [0.05, 0.1) is 6.33 Å². The lowest BCUT2D eigenvalue weighted by atomic mass is 9.96. The molecule has 0 aromatic carbocycles. The minimum absolute atomic E-state index is 0.0161. The van der Waals surface area contributed by atoms with Gasteiger partial charge < -0.3 is 4.90 Å². The predicted octanol–water partition coefficient (Wildman–Crippen LogP) is 1.21. The summed E-state index contributed by atoms with van der Waals surface area (Å²) < 4.78 is 3.53. The maximum absolute atomic E-state index is 11.9. The zero-order valence-electron chi connectivity index (χ0n) is 14.5. The molecule has 1 saturated heterocycles. The zero-order valence-corrected chi connectivity index (χ0v) is 14.5. The van der Waals surface area contributed by atoms with Gasteiger partial charge in [-0.3, -0.25) is 9.36 Å². The van der Waals surface area contributed by atoms with Crippen LogP contribution in [-0.4, -0.2) is 42.2 Å². The van der Waals surface area contributed by atoms with Gasteiger partial charge in [0, 0.05) is 43.2 Å². The number of anilines is 1. The maximum Gasteiger partial charge on any atom is 0.254 e. The average molecular weight is 339 g/mol. The van der Waals surface area contributed by atoms with E-state index in [1.807, 2.05) is 11.4 Å². The molecule has 1 aliphatic rings. The number of nitrogens with zero attached hydrogens (tertiary/aromatic N) is 7. The molecule has 8 nitrogen and oxygen atoms in total. The molecule has 25 heavy (non-hydrogen) atoms. The van der Waals surface area contributed by atoms with Crippen LogP contribution in [0.25, 0.3) is 5.78 Å². The van der Waals surface area contributed by atoms with Gasteiger partial charge in [0.1, 0.15) is 12.1 Å². The Balaban J connectivity index is 1.53. The summed E-state index contributed by atoms with van der Waals surface area (Å²) in [5, 5.41) is 4.34. The van der Waals surface area contributed by atoms with Crippen molar-refractivity contribution in [2.75, 3.05) is 18.0 Å². The third-order valence-corrected chi connectivity index (χ3v) is 5.04. The highest BCUT2D eigenvalue weighted by atomic mass is 16.1. The van der Waals surface area contributed by atoms with Gasteiger partial charge in [-0.15, -0.1) is 0 Å². The van der Waals surface area contributed by atoms with Crippen molar-refractivity contribution in [2.45, 2.75) is 33.2 Å². The summed E-state index contributed by atoms with van der Waals surface area (Å²) in [4.78, 5) is 27.0. The molecule has 0 atom stereocenters. The van der Waals surface area contributed by atoms with E-state index in [0.29, 0.717) is 11.7 Å². The standard InChI is InChI=1S/C17H21N7O/c1-12-13(2)21-17-19-10-20-24(17)16(12)22-7-4-14(5-8-22)9-23-11-18-6-3-15(23)25/h3,6,10-11,14H,4-5,7-9H2,1-2H3. The molecule has 0 aliphatic carbocycles. The molecule has 3 aromatic heterocycles. The van der Waals surface area contributed by atoms with E-state index in [-0.39, 0.29) is 5.56 Å². The largest absolute Gasteiger partial charge is 0.356 e. The minimum atomic E-state index is 0.0161. The van der Waals surface area contributed by atoms with Crippen molar-refractivity contribution >= 4 is 11.6 Å². The van der Waals surface area contributed by atoms with Crippen LogP contribution in [0.2, 0.25) is 0 Å². The fraction of sp³-hybridized carbons (Fsp3) is 0.471. The molecule has 4 heterocycles. The van der Waals surface area contributed by atoms with Crippen LogP contribution in [0.1, 0.15) is 24.1 Å². The summed E-state index contributed by atoms with van der Waals surface area (Å²) >= 11 is 0. The SMILES string of the molecule is Cc1nc2ncnn2c(N2CCC(Cn3cnccc3=O)CC2)c1C. The Morgan fingerprint density at radius 2 is 2.04 bits per heavy atom. The molecular formula is C17H21N7O. The summed E-state index contributed by atoms with van der Waals surface area (Å²) in [6.07, 6.45) is 6.77. The molecule has 0 N–H and O–H groups in total. The van der Waals surface area contributed by atoms with Gasteiger partial charge in [-0.1, -0.05) is 0 Å². The Labute approximate surface area is 145 Å². The molecule has 130 valence electrons. The zero-order chi connectivity index (χ0) is 17.4. The Bertz CT molecular complexity index is 953. The molecule has 1 aliphatic heterocycles. The van der Waals surface area contributed by atoms with Crippen LogP contribution in [0.4, 0.5) is 5.82 Å². The van der Waals surface area contributed by atoms with Crippen LogP contribution in [-0.2, 0) is 6.54 Å². The number of fused-ring (bicyclic) bond motifs is 1. The van der Waals surface area contributed by atoms with Crippen LogP contribution in [0.3, 0.4) is 0 Å². The molecule has 4 rings (SSSR count). The van der Waals surface area contributed by atoms with E-state index in [2.05, 4.69) is 31.9 Å². The van der Waals surface area contributed by atoms with E-state index in [4.69, 9.17) is 0 Å². The third-order valence-electron chi connectivity index (χ3n) is 5.04. The summed E-state index contributed by atoms with van der Waals surface area (Å²) in [5.74, 6) is 2.20. The normalized spacial score (nSPS) is 15.8. The van der Waals surface area contributed by atoms with Gasteiger partial charge in [-0.2, -0.15) is 14.6 Å². The number of piperidine rings is 1. The second-order valence-electron chi connectivity index (χ2n) is 6.62. The minimum Gasteiger partial charge on any atom is -0.356 e. The first kappa shape index (κ1) is 15.7. The highest BCUT2D eigenvalue weighted by molar-refractivity contribution is 5.54. The predicted molar refractivity (Wildman–Crippen MR) is 93.7 cm³/mol. The first-order chi connectivity index (χ1) is 12.1. The van der Waals surface area contributed by atoms with Crippen LogP contribution >= 0.6 is 0 Å². The lowest BCUT2D eigenvalue weighted by Crippen LogP contribution is -2.38. The van der Waals surface area contributed by atoms with E-state index < -0.39 is 0 Å². The number of hydrogen-bond donors (Lipinski definition) is 0. The summed E-state index contributed by atoms with van der Waals surface area (Å²) in [6.45, 7) is 6.68. The topological polar surface area (TPSA) is 81.2 Å². The lowest BCUT2D eigenvalue weighted by Gasteiger charge is -2.34. The quantitative estimate of drug-likeness (QED) is 0.713. The molecule has 0 bridgehead atoms. The molecule has 0 spiro atoms. The van der Waals surface area contributed by atoms with E-state index in [1.54, 1.807) is 23.4 Å². The highest BCUT2D eigenvalue weighted by Crippen LogP contribution is 2.27. The van der Waals surface area contributed by atoms with Crippen LogP contribution < -0.4 is 10.5 Å². The monoisotopic (exact) mass is 339 g/mol. The third kappa shape index (κ3) is 2.88. The Hall–Kier alpha value is -2.77. The van der Waals surface area contributed by atoms with Crippen molar-refractivity contribution in [2.24, 2.45) is 5.92 Å². The van der Waals surface area contributed by atoms with Gasteiger partial charge in [0.15, 0.2) is 0 Å². The molecule has 0 amide bonds. The van der Waals surface area contributed by atoms with E-state index in [0.717, 1.165) is 49.6 Å². The average Bonchev–Trinajstić information content (AvgIpc) is 3.07. The first-order valence-corrected chi connectivity index (χ1v) is 8.56. The Morgan fingerprint density at radius 3 is 2.80 bits per heavy atom. The van der Waals surface area contributed by atoms with Gasteiger partial charge >= 0.3 is 0 Å². The molecular weight excluding hydrogens is 318 g/mol. The second-order valence-corrected chi connectivity index (χ2v) is 6.62. The summed E-state index contributed by atoms with van der Waals surface area (Å²) in [7, 11) is 0. The highest BCUT2D eigenvalue weighted by Gasteiger charge is 2.24. The van der Waals surface area contributed by atoms with Crippen LogP contribution in [0.15, 0.2) is 29.7 Å². The summed E-state index contributed by atoms with van der Waals surface area (Å²) in [6, 6.07) is 1.51. The molecule has 0 saturated carbocycles. The van der Waals surface area contributed by atoms with Crippen molar-refractivity contribution in [3.05, 3.63) is 46.5 Å². The van der Waals surface area contributed by atoms with E-state index in [9.17, 15) is 4.79 Å². The smallest absolute Gasteiger partial charge is 0.254 e. The van der Waals surface area contributed by atoms with E-state index in [1.165, 1.54) is 6.07 Å². The van der Waals surface area contributed by atoms with Gasteiger partial charge in [-0.05, 0) is 32.6 Å². The maximum atomic E-state index is 11.9. The van der Waals surface area contributed by atoms with Crippen molar-refractivity contribution in [1.82, 2.24) is 29.1 Å². The Kier molecular flexibility index (Phi) is 3.95.